The van der Waals surface area contributed by atoms with Gasteiger partial charge in [0.2, 0.25) is 6.79 Å². The summed E-state index contributed by atoms with van der Waals surface area (Å²) in [5.74, 6) is 3.21. The molecule has 31 heavy (non-hydrogen) atoms. The van der Waals surface area contributed by atoms with E-state index in [2.05, 4.69) is 18.0 Å². The van der Waals surface area contributed by atoms with Crippen molar-refractivity contribution in [1.29, 1.82) is 0 Å². The average Bonchev–Trinajstić information content (AvgIpc) is 3.25. The Morgan fingerprint density at radius 1 is 0.968 bits per heavy atom. The lowest BCUT2D eigenvalue weighted by Gasteiger charge is -2.29. The number of hydrogen-bond acceptors (Lipinski definition) is 7. The minimum absolute atomic E-state index is 0.0347. The molecule has 0 saturated heterocycles. The van der Waals surface area contributed by atoms with Crippen molar-refractivity contribution in [1.82, 2.24) is 9.80 Å². The topological polar surface area (TPSA) is 69.7 Å². The molecule has 8 heteroatoms. The summed E-state index contributed by atoms with van der Waals surface area (Å²) in [5.41, 5.74) is 1.72. The number of carbonyl (C=O) groups excluding carboxylic acids is 1. The molecule has 0 N–H and O–H groups in total. The minimum atomic E-state index is -0.0347. The smallest absolute Gasteiger partial charge is 0.260 e. The average molecular weight is 428 g/mol. The van der Waals surface area contributed by atoms with E-state index in [0.717, 1.165) is 37.4 Å². The fourth-order valence-electron chi connectivity index (χ4n) is 3.75. The molecule has 2 aromatic carbocycles. The standard InChI is InChI=1S/C23H28N2O6/c1-24(10-7-16-5-6-18(27-2)20(11-16)28-3)8-4-9-25-14-29-19-13-22-21(30-15-31-22)12-17(19)23(25)26/h5-6,11-13H,4,7-10,14-15H2,1-3H3. The van der Waals surface area contributed by atoms with Crippen LogP contribution in [-0.4, -0.2) is 70.1 Å². The zero-order valence-corrected chi connectivity index (χ0v) is 18.2. The van der Waals surface area contributed by atoms with Crippen molar-refractivity contribution in [2.45, 2.75) is 12.8 Å². The molecule has 0 fully saturated rings. The van der Waals surface area contributed by atoms with Crippen molar-refractivity contribution < 1.29 is 28.5 Å². The molecular formula is C23H28N2O6. The number of ether oxygens (including phenoxy) is 5. The Kier molecular flexibility index (Phi) is 6.36. The van der Waals surface area contributed by atoms with Gasteiger partial charge in [0.25, 0.3) is 5.91 Å². The maximum absolute atomic E-state index is 12.8. The molecule has 1 amide bonds. The van der Waals surface area contributed by atoms with Gasteiger partial charge in [0, 0.05) is 25.2 Å². The van der Waals surface area contributed by atoms with Crippen molar-refractivity contribution in [3.63, 3.8) is 0 Å². The molecule has 2 heterocycles. The van der Waals surface area contributed by atoms with Gasteiger partial charge in [0.1, 0.15) is 5.75 Å². The van der Waals surface area contributed by atoms with Crippen LogP contribution < -0.4 is 23.7 Å². The Morgan fingerprint density at radius 2 is 1.74 bits per heavy atom. The molecule has 4 rings (SSSR count). The van der Waals surface area contributed by atoms with Crippen molar-refractivity contribution in [3.8, 4) is 28.7 Å². The van der Waals surface area contributed by atoms with E-state index in [9.17, 15) is 4.79 Å². The van der Waals surface area contributed by atoms with Crippen LogP contribution in [0.1, 0.15) is 22.3 Å². The molecule has 2 aromatic rings. The second-order valence-electron chi connectivity index (χ2n) is 7.64. The molecule has 0 spiro atoms. The molecule has 2 aliphatic heterocycles. The first-order valence-electron chi connectivity index (χ1n) is 10.3. The predicted molar refractivity (Wildman–Crippen MR) is 114 cm³/mol. The van der Waals surface area contributed by atoms with Crippen LogP contribution >= 0.6 is 0 Å². The van der Waals surface area contributed by atoms with E-state index < -0.39 is 0 Å². The van der Waals surface area contributed by atoms with Crippen LogP contribution in [0.3, 0.4) is 0 Å². The van der Waals surface area contributed by atoms with E-state index in [-0.39, 0.29) is 19.4 Å². The van der Waals surface area contributed by atoms with Crippen molar-refractivity contribution in [2.24, 2.45) is 0 Å². The molecule has 0 bridgehead atoms. The van der Waals surface area contributed by atoms with Gasteiger partial charge in [0.05, 0.1) is 19.8 Å². The second kappa shape index (κ2) is 9.34. The third-order valence-electron chi connectivity index (χ3n) is 5.57. The summed E-state index contributed by atoms with van der Waals surface area (Å²) in [5, 5.41) is 0. The summed E-state index contributed by atoms with van der Waals surface area (Å²) in [6, 6.07) is 9.44. The SMILES string of the molecule is COc1ccc(CCN(C)CCCN2COc3cc4c(cc3C2=O)OCO4)cc1OC. The lowest BCUT2D eigenvalue weighted by Crippen LogP contribution is -2.40. The van der Waals surface area contributed by atoms with Gasteiger partial charge in [0.15, 0.2) is 29.7 Å². The zero-order chi connectivity index (χ0) is 21.8. The number of nitrogens with zero attached hydrogens (tertiary/aromatic N) is 2. The number of hydrogen-bond donors (Lipinski definition) is 0. The van der Waals surface area contributed by atoms with E-state index >= 15 is 0 Å². The number of likely N-dealkylation sites (N-methyl/N-ethyl adjacent to an activating group) is 1. The van der Waals surface area contributed by atoms with Crippen LogP contribution in [0.5, 0.6) is 28.7 Å². The van der Waals surface area contributed by atoms with E-state index in [1.54, 1.807) is 31.3 Å². The Balaban J connectivity index is 1.24. The molecule has 0 radical (unpaired) electrons. The highest BCUT2D eigenvalue weighted by Crippen LogP contribution is 2.39. The summed E-state index contributed by atoms with van der Waals surface area (Å²) in [4.78, 5) is 16.8. The predicted octanol–water partition coefficient (Wildman–Crippen LogP) is 2.79. The normalized spacial score (nSPS) is 14.5. The zero-order valence-electron chi connectivity index (χ0n) is 18.2. The Morgan fingerprint density at radius 3 is 2.52 bits per heavy atom. The maximum atomic E-state index is 12.8. The Bertz CT molecular complexity index is 948. The number of amides is 1. The quantitative estimate of drug-likeness (QED) is 0.608. The summed E-state index contributed by atoms with van der Waals surface area (Å²) < 4.78 is 27.2. The van der Waals surface area contributed by atoms with E-state index in [1.165, 1.54) is 5.56 Å². The summed E-state index contributed by atoms with van der Waals surface area (Å²) >= 11 is 0. The monoisotopic (exact) mass is 428 g/mol. The lowest BCUT2D eigenvalue weighted by atomic mass is 10.1. The fourth-order valence-corrected chi connectivity index (χ4v) is 3.75. The second-order valence-corrected chi connectivity index (χ2v) is 7.64. The molecule has 2 aliphatic rings. The summed E-state index contributed by atoms with van der Waals surface area (Å²) in [7, 11) is 5.37. The summed E-state index contributed by atoms with van der Waals surface area (Å²) in [6.07, 6.45) is 1.76. The molecule has 0 aromatic heterocycles. The highest BCUT2D eigenvalue weighted by atomic mass is 16.7. The van der Waals surface area contributed by atoms with E-state index in [1.807, 2.05) is 12.1 Å². The lowest BCUT2D eigenvalue weighted by molar-refractivity contribution is 0.0511. The largest absolute Gasteiger partial charge is 0.493 e. The van der Waals surface area contributed by atoms with Gasteiger partial charge in [-0.3, -0.25) is 4.79 Å². The van der Waals surface area contributed by atoms with Crippen molar-refractivity contribution in [3.05, 3.63) is 41.5 Å². The molecule has 0 atom stereocenters. The first-order chi connectivity index (χ1) is 15.1. The fraction of sp³-hybridized carbons (Fsp3) is 0.435. The number of benzene rings is 2. The van der Waals surface area contributed by atoms with E-state index in [4.69, 9.17) is 23.7 Å². The van der Waals surface area contributed by atoms with Crippen LogP contribution in [0.15, 0.2) is 30.3 Å². The summed E-state index contributed by atoms with van der Waals surface area (Å²) in [6.45, 7) is 2.84. The first kappa shape index (κ1) is 21.1. The van der Waals surface area contributed by atoms with Gasteiger partial charge in [-0.05, 0) is 44.1 Å². The van der Waals surface area contributed by atoms with Gasteiger partial charge >= 0.3 is 0 Å². The number of carbonyl (C=O) groups is 1. The highest BCUT2D eigenvalue weighted by Gasteiger charge is 2.29. The van der Waals surface area contributed by atoms with Crippen molar-refractivity contribution in [2.75, 3.05) is 54.4 Å². The van der Waals surface area contributed by atoms with Gasteiger partial charge in [-0.1, -0.05) is 6.07 Å². The Labute approximate surface area is 182 Å². The molecule has 0 saturated carbocycles. The molecule has 0 unspecified atom stereocenters. The molecule has 0 aliphatic carbocycles. The number of rotatable bonds is 9. The number of fused-ring (bicyclic) bond motifs is 2. The molecular weight excluding hydrogens is 400 g/mol. The highest BCUT2D eigenvalue weighted by molar-refractivity contribution is 5.98. The third-order valence-corrected chi connectivity index (χ3v) is 5.57. The Hall–Kier alpha value is -3.13. The van der Waals surface area contributed by atoms with Crippen LogP contribution in [0.4, 0.5) is 0 Å². The first-order valence-corrected chi connectivity index (χ1v) is 10.3. The van der Waals surface area contributed by atoms with Gasteiger partial charge in [-0.15, -0.1) is 0 Å². The van der Waals surface area contributed by atoms with Crippen LogP contribution in [0, 0.1) is 0 Å². The van der Waals surface area contributed by atoms with Crippen LogP contribution in [0.2, 0.25) is 0 Å². The third kappa shape index (κ3) is 4.64. The minimum Gasteiger partial charge on any atom is -0.493 e. The van der Waals surface area contributed by atoms with Gasteiger partial charge in [-0.25, -0.2) is 0 Å². The van der Waals surface area contributed by atoms with Crippen LogP contribution in [0.25, 0.3) is 0 Å². The van der Waals surface area contributed by atoms with E-state index in [0.29, 0.717) is 29.4 Å². The number of methoxy groups -OCH3 is 2. The van der Waals surface area contributed by atoms with Gasteiger partial charge in [-0.2, -0.15) is 0 Å². The maximum Gasteiger partial charge on any atom is 0.260 e. The molecule has 166 valence electrons. The van der Waals surface area contributed by atoms with Crippen LogP contribution in [-0.2, 0) is 6.42 Å². The van der Waals surface area contributed by atoms with Gasteiger partial charge < -0.3 is 33.5 Å². The molecule has 8 nitrogen and oxygen atoms in total. The van der Waals surface area contributed by atoms with Crippen molar-refractivity contribution >= 4 is 5.91 Å².